The van der Waals surface area contributed by atoms with E-state index in [-0.39, 0.29) is 18.9 Å². The lowest BCUT2D eigenvalue weighted by Crippen LogP contribution is -2.23. The Morgan fingerprint density at radius 2 is 1.85 bits per heavy atom. The number of aromatic nitrogens is 1. The van der Waals surface area contributed by atoms with Crippen LogP contribution in [0.5, 0.6) is 5.75 Å². The summed E-state index contributed by atoms with van der Waals surface area (Å²) < 4.78 is 1.59. The van der Waals surface area contributed by atoms with Gasteiger partial charge in [-0.05, 0) is 5.56 Å². The van der Waals surface area contributed by atoms with E-state index in [0.717, 1.165) is 5.56 Å². The number of hydrogen-bond acceptors (Lipinski definition) is 4. The molecule has 1 unspecified atom stereocenters. The third-order valence-electron chi connectivity index (χ3n) is 3.09. The Morgan fingerprint density at radius 3 is 2.50 bits per heavy atom. The van der Waals surface area contributed by atoms with Gasteiger partial charge in [-0.3, -0.25) is 4.79 Å². The maximum Gasteiger partial charge on any atom is 0.223 e. The van der Waals surface area contributed by atoms with Gasteiger partial charge in [0, 0.05) is 18.7 Å². The van der Waals surface area contributed by atoms with E-state index in [1.807, 2.05) is 30.3 Å². The summed E-state index contributed by atoms with van der Waals surface area (Å²) in [5, 5.41) is 28.4. The van der Waals surface area contributed by atoms with Crippen molar-refractivity contribution in [2.75, 3.05) is 6.61 Å². The Kier molecular flexibility index (Phi) is 4.55. The van der Waals surface area contributed by atoms with Crippen LogP contribution in [-0.2, 0) is 13.0 Å². The molecule has 0 saturated heterocycles. The highest BCUT2D eigenvalue weighted by atomic mass is 16.3. The average Bonchev–Trinajstić information content (AvgIpc) is 2.47. The van der Waals surface area contributed by atoms with Gasteiger partial charge in [-0.25, -0.2) is 0 Å². The summed E-state index contributed by atoms with van der Waals surface area (Å²) in [5.74, 6) is -0.318. The van der Waals surface area contributed by atoms with E-state index < -0.39 is 11.5 Å². The Morgan fingerprint density at radius 1 is 1.15 bits per heavy atom. The molecule has 106 valence electrons. The van der Waals surface area contributed by atoms with Crippen LogP contribution < -0.4 is 5.43 Å². The largest absolute Gasteiger partial charge is 0.503 e. The first-order chi connectivity index (χ1) is 9.61. The highest BCUT2D eigenvalue weighted by molar-refractivity contribution is 5.32. The smallest absolute Gasteiger partial charge is 0.223 e. The number of rotatable bonds is 5. The lowest BCUT2D eigenvalue weighted by atomic mass is 10.1. The molecule has 0 saturated carbocycles. The Balaban J connectivity index is 2.38. The molecule has 2 aromatic rings. The van der Waals surface area contributed by atoms with Gasteiger partial charge in [0.05, 0.1) is 24.9 Å². The molecule has 0 bridgehead atoms. The van der Waals surface area contributed by atoms with Gasteiger partial charge in [-0.1, -0.05) is 30.3 Å². The first-order valence-corrected chi connectivity index (χ1v) is 6.36. The second kappa shape index (κ2) is 6.36. The lowest BCUT2D eigenvalue weighted by molar-refractivity contribution is 0.0803. The molecule has 5 nitrogen and oxygen atoms in total. The van der Waals surface area contributed by atoms with Gasteiger partial charge in [0.2, 0.25) is 5.43 Å². The summed E-state index contributed by atoms with van der Waals surface area (Å²) in [4.78, 5) is 11.6. The van der Waals surface area contributed by atoms with Crippen LogP contribution in [0.3, 0.4) is 0 Å². The minimum atomic E-state index is -0.938. The summed E-state index contributed by atoms with van der Waals surface area (Å²) in [6.07, 6.45) is 0.951. The van der Waals surface area contributed by atoms with Gasteiger partial charge in [0.1, 0.15) is 0 Å². The number of aliphatic hydroxyl groups is 2. The van der Waals surface area contributed by atoms with Crippen molar-refractivity contribution in [1.82, 2.24) is 4.57 Å². The van der Waals surface area contributed by atoms with Crippen molar-refractivity contribution in [3.8, 4) is 5.75 Å². The first kappa shape index (κ1) is 14.3. The number of aliphatic hydroxyl groups excluding tert-OH is 2. The van der Waals surface area contributed by atoms with Crippen LogP contribution in [0, 0.1) is 0 Å². The zero-order chi connectivity index (χ0) is 14.5. The fourth-order valence-electron chi connectivity index (χ4n) is 2.04. The van der Waals surface area contributed by atoms with Crippen molar-refractivity contribution in [2.45, 2.75) is 19.1 Å². The van der Waals surface area contributed by atoms with E-state index in [0.29, 0.717) is 12.1 Å². The molecule has 1 atom stereocenters. The van der Waals surface area contributed by atoms with Crippen molar-refractivity contribution in [1.29, 1.82) is 0 Å². The predicted molar refractivity (Wildman–Crippen MR) is 74.7 cm³/mol. The van der Waals surface area contributed by atoms with Crippen LogP contribution in [-0.4, -0.2) is 32.6 Å². The SMILES string of the molecule is O=c1ccn(CC(O)CO)c(Cc2ccccc2)c1O. The van der Waals surface area contributed by atoms with E-state index in [1.54, 1.807) is 4.57 Å². The molecule has 3 N–H and O–H groups in total. The summed E-state index contributed by atoms with van der Waals surface area (Å²) in [6, 6.07) is 10.7. The molecule has 0 aliphatic heterocycles. The summed E-state index contributed by atoms with van der Waals surface area (Å²) in [5.41, 5.74) is 0.919. The molecule has 0 radical (unpaired) electrons. The van der Waals surface area contributed by atoms with E-state index >= 15 is 0 Å². The van der Waals surface area contributed by atoms with E-state index in [9.17, 15) is 15.0 Å². The number of benzene rings is 1. The fourth-order valence-corrected chi connectivity index (χ4v) is 2.04. The van der Waals surface area contributed by atoms with E-state index in [4.69, 9.17) is 5.11 Å². The number of nitrogens with zero attached hydrogens (tertiary/aromatic N) is 1. The third kappa shape index (κ3) is 3.26. The van der Waals surface area contributed by atoms with Gasteiger partial charge in [0.15, 0.2) is 5.75 Å². The molecular weight excluding hydrogens is 258 g/mol. The number of pyridine rings is 1. The minimum Gasteiger partial charge on any atom is -0.503 e. The van der Waals surface area contributed by atoms with Crippen LogP contribution in [0.4, 0.5) is 0 Å². The lowest BCUT2D eigenvalue weighted by Gasteiger charge is -2.17. The molecule has 0 aliphatic carbocycles. The van der Waals surface area contributed by atoms with Gasteiger partial charge >= 0.3 is 0 Å². The maximum atomic E-state index is 11.6. The summed E-state index contributed by atoms with van der Waals surface area (Å²) in [7, 11) is 0. The molecule has 1 heterocycles. The second-order valence-corrected chi connectivity index (χ2v) is 4.63. The van der Waals surface area contributed by atoms with Gasteiger partial charge in [0.25, 0.3) is 0 Å². The highest BCUT2D eigenvalue weighted by Crippen LogP contribution is 2.17. The standard InChI is InChI=1S/C15H17NO4/c17-10-12(18)9-16-7-6-14(19)15(20)13(16)8-11-4-2-1-3-5-11/h1-7,12,17-18,20H,8-10H2. The Hall–Kier alpha value is -2.11. The average molecular weight is 275 g/mol. The van der Waals surface area contributed by atoms with Crippen LogP contribution >= 0.6 is 0 Å². The molecule has 0 fully saturated rings. The summed E-state index contributed by atoms with van der Waals surface area (Å²) >= 11 is 0. The van der Waals surface area contributed by atoms with Gasteiger partial charge < -0.3 is 19.9 Å². The van der Waals surface area contributed by atoms with Crippen molar-refractivity contribution in [3.63, 3.8) is 0 Å². The number of aromatic hydroxyl groups is 1. The van der Waals surface area contributed by atoms with Gasteiger partial charge in [-0.15, -0.1) is 0 Å². The predicted octanol–water partition coefficient (Wildman–Crippen LogP) is 0.498. The number of hydrogen-bond donors (Lipinski definition) is 3. The van der Waals surface area contributed by atoms with Crippen molar-refractivity contribution in [2.24, 2.45) is 0 Å². The van der Waals surface area contributed by atoms with Crippen molar-refractivity contribution < 1.29 is 15.3 Å². The second-order valence-electron chi connectivity index (χ2n) is 4.63. The van der Waals surface area contributed by atoms with Gasteiger partial charge in [-0.2, -0.15) is 0 Å². The van der Waals surface area contributed by atoms with Crippen LogP contribution in [0.15, 0.2) is 47.4 Å². The van der Waals surface area contributed by atoms with E-state index in [2.05, 4.69) is 0 Å². The molecule has 5 heteroatoms. The highest BCUT2D eigenvalue weighted by Gasteiger charge is 2.13. The third-order valence-corrected chi connectivity index (χ3v) is 3.09. The molecule has 1 aromatic heterocycles. The van der Waals surface area contributed by atoms with Crippen LogP contribution in [0.25, 0.3) is 0 Å². The molecule has 20 heavy (non-hydrogen) atoms. The van der Waals surface area contributed by atoms with Crippen molar-refractivity contribution in [3.05, 3.63) is 64.1 Å². The molecule has 2 rings (SSSR count). The van der Waals surface area contributed by atoms with E-state index in [1.165, 1.54) is 12.3 Å². The van der Waals surface area contributed by atoms with Crippen LogP contribution in [0.1, 0.15) is 11.3 Å². The monoisotopic (exact) mass is 275 g/mol. The molecular formula is C15H17NO4. The quantitative estimate of drug-likeness (QED) is 0.742. The van der Waals surface area contributed by atoms with Crippen LogP contribution in [0.2, 0.25) is 0 Å². The zero-order valence-corrected chi connectivity index (χ0v) is 10.9. The maximum absolute atomic E-state index is 11.6. The first-order valence-electron chi connectivity index (χ1n) is 6.36. The Labute approximate surface area is 116 Å². The fraction of sp³-hybridized carbons (Fsp3) is 0.267. The topological polar surface area (TPSA) is 82.7 Å². The normalized spacial score (nSPS) is 12.3. The minimum absolute atomic E-state index is 0.118. The molecule has 0 aliphatic rings. The zero-order valence-electron chi connectivity index (χ0n) is 10.9. The molecule has 0 spiro atoms. The van der Waals surface area contributed by atoms with Crippen molar-refractivity contribution >= 4 is 0 Å². The molecule has 1 aromatic carbocycles. The Bertz CT molecular complexity index is 622. The summed E-state index contributed by atoms with van der Waals surface area (Å²) in [6.45, 7) is -0.260. The molecule has 0 amide bonds.